The van der Waals surface area contributed by atoms with Crippen molar-refractivity contribution in [1.82, 2.24) is 0 Å². The van der Waals surface area contributed by atoms with Gasteiger partial charge in [-0.05, 0) is 31.4 Å². The molecule has 1 amide bonds. The summed E-state index contributed by atoms with van der Waals surface area (Å²) in [6, 6.07) is 15.7. The lowest BCUT2D eigenvalue weighted by atomic mass is 10.1. The fourth-order valence-corrected chi connectivity index (χ4v) is 3.07. The Morgan fingerprint density at radius 1 is 1.23 bits per heavy atom. The van der Waals surface area contributed by atoms with Crippen LogP contribution in [-0.2, 0) is 4.79 Å². The van der Waals surface area contributed by atoms with Crippen molar-refractivity contribution >= 4 is 35.0 Å². The highest BCUT2D eigenvalue weighted by Crippen LogP contribution is 2.24. The van der Waals surface area contributed by atoms with E-state index in [9.17, 15) is 4.79 Å². The molecule has 2 rings (SSSR count). The van der Waals surface area contributed by atoms with E-state index in [0.29, 0.717) is 6.54 Å². The molecule has 5 heteroatoms. The van der Waals surface area contributed by atoms with Gasteiger partial charge in [0.15, 0.2) is 6.54 Å². The Balaban J connectivity index is 1.92. The third kappa shape index (κ3) is 4.50. The van der Waals surface area contributed by atoms with Crippen molar-refractivity contribution < 1.29 is 10.1 Å². The van der Waals surface area contributed by atoms with E-state index in [2.05, 4.69) is 5.32 Å². The molecule has 0 aliphatic rings. The minimum absolute atomic E-state index is 0.0135. The quantitative estimate of drug-likeness (QED) is 0.795. The Bertz CT molecular complexity index is 648. The second-order valence-corrected chi connectivity index (χ2v) is 6.25. The largest absolute Gasteiger partial charge is 0.332 e. The molecule has 3 nitrogen and oxygen atoms in total. The van der Waals surface area contributed by atoms with Crippen LogP contribution in [-0.4, -0.2) is 18.7 Å². The van der Waals surface area contributed by atoms with E-state index < -0.39 is 0 Å². The topological polar surface area (TPSA) is 45.7 Å². The van der Waals surface area contributed by atoms with Gasteiger partial charge in [0.05, 0.1) is 5.69 Å². The molecular weight excluding hydrogens is 316 g/mol. The molecule has 0 aliphatic heterocycles. The van der Waals surface area contributed by atoms with Crippen LogP contribution in [0, 0.1) is 0 Å². The van der Waals surface area contributed by atoms with E-state index in [1.54, 1.807) is 11.8 Å². The first-order valence-corrected chi connectivity index (χ1v) is 8.72. The SMILES string of the molecule is CSc1ccccc1NC(=O)C[NH2+][C@H](C)c1ccccc1Cl. The Morgan fingerprint density at radius 2 is 1.91 bits per heavy atom. The maximum absolute atomic E-state index is 12.1. The van der Waals surface area contributed by atoms with Crippen molar-refractivity contribution in [2.45, 2.75) is 17.9 Å². The van der Waals surface area contributed by atoms with Gasteiger partial charge in [-0.15, -0.1) is 11.8 Å². The fraction of sp³-hybridized carbons (Fsp3) is 0.235. The third-order valence-electron chi connectivity index (χ3n) is 3.43. The number of rotatable bonds is 6. The molecule has 0 unspecified atom stereocenters. The lowest BCUT2D eigenvalue weighted by Crippen LogP contribution is -2.86. The van der Waals surface area contributed by atoms with Crippen LogP contribution in [0.3, 0.4) is 0 Å². The summed E-state index contributed by atoms with van der Waals surface area (Å²) in [5, 5.41) is 5.68. The van der Waals surface area contributed by atoms with Crippen LogP contribution in [0.1, 0.15) is 18.5 Å². The summed E-state index contributed by atoms with van der Waals surface area (Å²) < 4.78 is 0. The molecule has 0 heterocycles. The van der Waals surface area contributed by atoms with Gasteiger partial charge in [0.1, 0.15) is 6.04 Å². The molecule has 0 aliphatic carbocycles. The Hall–Kier alpha value is -1.49. The highest BCUT2D eigenvalue weighted by Gasteiger charge is 2.14. The Kier molecular flexibility index (Phi) is 6.31. The fourth-order valence-electron chi connectivity index (χ4n) is 2.20. The number of anilines is 1. The first kappa shape index (κ1) is 16.9. The highest BCUT2D eigenvalue weighted by molar-refractivity contribution is 7.98. The standard InChI is InChI=1S/C17H19ClN2OS/c1-12(13-7-3-4-8-14(13)18)19-11-17(21)20-15-9-5-6-10-16(15)22-2/h3-10,12,19H,11H2,1-2H3,(H,20,21)/p+1/t12-/m1/s1. The maximum atomic E-state index is 12.1. The van der Waals surface area contributed by atoms with Crippen LogP contribution in [0.4, 0.5) is 5.69 Å². The van der Waals surface area contributed by atoms with E-state index in [4.69, 9.17) is 11.6 Å². The molecule has 2 aromatic carbocycles. The van der Waals surface area contributed by atoms with Crippen molar-refractivity contribution in [3.63, 3.8) is 0 Å². The number of carbonyl (C=O) groups is 1. The van der Waals surface area contributed by atoms with Gasteiger partial charge in [-0.2, -0.15) is 0 Å². The van der Waals surface area contributed by atoms with Crippen molar-refractivity contribution in [1.29, 1.82) is 0 Å². The summed E-state index contributed by atoms with van der Waals surface area (Å²) in [6.45, 7) is 2.40. The number of hydrogen-bond acceptors (Lipinski definition) is 2. The van der Waals surface area contributed by atoms with Gasteiger partial charge in [0.2, 0.25) is 0 Å². The van der Waals surface area contributed by atoms with Crippen LogP contribution in [0.5, 0.6) is 0 Å². The minimum atomic E-state index is -0.0135. The zero-order valence-corrected chi connectivity index (χ0v) is 14.2. The van der Waals surface area contributed by atoms with E-state index in [-0.39, 0.29) is 11.9 Å². The van der Waals surface area contributed by atoms with Crippen LogP contribution in [0.25, 0.3) is 0 Å². The zero-order chi connectivity index (χ0) is 15.9. The Morgan fingerprint density at radius 3 is 2.64 bits per heavy atom. The average Bonchev–Trinajstić information content (AvgIpc) is 2.53. The summed E-state index contributed by atoms with van der Waals surface area (Å²) >= 11 is 7.80. The second-order valence-electron chi connectivity index (χ2n) is 5.00. The molecule has 116 valence electrons. The molecule has 0 saturated heterocycles. The summed E-state index contributed by atoms with van der Waals surface area (Å²) in [4.78, 5) is 13.2. The number of nitrogens with two attached hydrogens (primary N) is 1. The van der Waals surface area contributed by atoms with Crippen molar-refractivity contribution in [2.75, 3.05) is 18.1 Å². The van der Waals surface area contributed by atoms with Crippen molar-refractivity contribution in [2.24, 2.45) is 0 Å². The number of amides is 1. The molecule has 0 spiro atoms. The second kappa shape index (κ2) is 8.22. The van der Waals surface area contributed by atoms with Crippen LogP contribution >= 0.6 is 23.4 Å². The van der Waals surface area contributed by atoms with E-state index in [1.165, 1.54) is 0 Å². The number of quaternary nitrogens is 1. The maximum Gasteiger partial charge on any atom is 0.279 e. The molecule has 0 saturated carbocycles. The van der Waals surface area contributed by atoms with Gasteiger partial charge >= 0.3 is 0 Å². The van der Waals surface area contributed by atoms with Gasteiger partial charge in [0.25, 0.3) is 5.91 Å². The molecule has 0 aromatic heterocycles. The molecule has 0 fully saturated rings. The normalized spacial score (nSPS) is 12.0. The Labute approximate surface area is 140 Å². The highest BCUT2D eigenvalue weighted by atomic mass is 35.5. The van der Waals surface area contributed by atoms with Crippen molar-refractivity contribution in [3.05, 3.63) is 59.1 Å². The monoisotopic (exact) mass is 335 g/mol. The molecule has 22 heavy (non-hydrogen) atoms. The summed E-state index contributed by atoms with van der Waals surface area (Å²) in [5.41, 5.74) is 1.90. The zero-order valence-electron chi connectivity index (χ0n) is 12.7. The molecule has 1 atom stereocenters. The van der Waals surface area contributed by atoms with Gasteiger partial charge in [-0.1, -0.05) is 41.9 Å². The number of thioether (sulfide) groups is 1. The summed E-state index contributed by atoms with van der Waals surface area (Å²) in [5.74, 6) is -0.0135. The van der Waals surface area contributed by atoms with Gasteiger partial charge < -0.3 is 10.6 Å². The molecule has 0 radical (unpaired) electrons. The van der Waals surface area contributed by atoms with E-state index in [1.807, 2.05) is 67.0 Å². The lowest BCUT2D eigenvalue weighted by molar-refractivity contribution is -0.682. The predicted molar refractivity (Wildman–Crippen MR) is 93.5 cm³/mol. The number of hydrogen-bond donors (Lipinski definition) is 2. The lowest BCUT2D eigenvalue weighted by Gasteiger charge is -2.13. The summed E-state index contributed by atoms with van der Waals surface area (Å²) in [7, 11) is 0. The van der Waals surface area contributed by atoms with Gasteiger partial charge in [-0.25, -0.2) is 0 Å². The first-order valence-electron chi connectivity index (χ1n) is 7.12. The molecule has 2 aromatic rings. The average molecular weight is 336 g/mol. The first-order chi connectivity index (χ1) is 10.6. The molecular formula is C17H20ClN2OS+. The number of benzene rings is 2. The van der Waals surface area contributed by atoms with Gasteiger partial charge in [-0.3, -0.25) is 4.79 Å². The number of nitrogens with one attached hydrogen (secondary N) is 1. The van der Waals surface area contributed by atoms with Crippen LogP contribution in [0.2, 0.25) is 5.02 Å². The smallest absolute Gasteiger partial charge is 0.279 e. The number of carbonyl (C=O) groups excluding carboxylic acids is 1. The van der Waals surface area contributed by atoms with Crippen molar-refractivity contribution in [3.8, 4) is 0 Å². The van der Waals surface area contributed by atoms with E-state index >= 15 is 0 Å². The number of para-hydroxylation sites is 1. The predicted octanol–water partition coefficient (Wildman–Crippen LogP) is 3.33. The van der Waals surface area contributed by atoms with Gasteiger partial charge in [0, 0.05) is 15.5 Å². The minimum Gasteiger partial charge on any atom is -0.332 e. The van der Waals surface area contributed by atoms with Crippen LogP contribution in [0.15, 0.2) is 53.4 Å². The van der Waals surface area contributed by atoms with Crippen LogP contribution < -0.4 is 10.6 Å². The summed E-state index contributed by atoms with van der Waals surface area (Å²) in [6.07, 6.45) is 2.00. The van der Waals surface area contributed by atoms with E-state index in [0.717, 1.165) is 21.2 Å². The number of halogens is 1. The molecule has 0 bridgehead atoms. The third-order valence-corrected chi connectivity index (χ3v) is 4.57. The molecule has 3 N–H and O–H groups in total.